The zero-order chi connectivity index (χ0) is 12.0. The Bertz CT molecular complexity index is 379. The average Bonchev–Trinajstić information content (AvgIpc) is 2.28. The Morgan fingerprint density at radius 1 is 1.38 bits per heavy atom. The molecule has 1 nitrogen and oxygen atoms in total. The van der Waals surface area contributed by atoms with Crippen molar-refractivity contribution < 1.29 is 0 Å². The van der Waals surface area contributed by atoms with Gasteiger partial charge in [-0.3, -0.25) is 0 Å². The lowest BCUT2D eigenvalue weighted by atomic mass is 9.89. The van der Waals surface area contributed by atoms with Crippen LogP contribution in [0.3, 0.4) is 0 Å². The van der Waals surface area contributed by atoms with E-state index in [1.165, 1.54) is 28.5 Å². The summed E-state index contributed by atoms with van der Waals surface area (Å²) in [6.07, 6.45) is 2.25. The highest BCUT2D eigenvalue weighted by atomic mass is 32.2. The fraction of sp³-hybridized carbons (Fsp3) is 0.500. The number of thioether (sulfide) groups is 1. The summed E-state index contributed by atoms with van der Waals surface area (Å²) in [4.78, 5) is 0. The van der Waals surface area contributed by atoms with E-state index in [9.17, 15) is 0 Å². The summed E-state index contributed by atoms with van der Waals surface area (Å²) in [5, 5.41) is 10.7. The Kier molecular flexibility index (Phi) is 5.42. The van der Waals surface area contributed by atoms with E-state index in [4.69, 9.17) is 5.26 Å². The molecule has 1 atom stereocenters. The highest BCUT2D eigenvalue weighted by Crippen LogP contribution is 2.28. The predicted octanol–water partition coefficient (Wildman–Crippen LogP) is 4.40. The molecule has 0 spiro atoms. The molecule has 1 unspecified atom stereocenters. The summed E-state index contributed by atoms with van der Waals surface area (Å²) in [5.74, 6) is 1.53. The Labute approximate surface area is 103 Å². The monoisotopic (exact) mass is 233 g/mol. The van der Waals surface area contributed by atoms with Crippen LogP contribution in [0.1, 0.15) is 42.4 Å². The van der Waals surface area contributed by atoms with E-state index in [0.29, 0.717) is 5.92 Å². The van der Waals surface area contributed by atoms with Crippen molar-refractivity contribution in [2.75, 3.05) is 5.75 Å². The molecule has 16 heavy (non-hydrogen) atoms. The second-order valence-corrected chi connectivity index (χ2v) is 5.07. The lowest BCUT2D eigenvalue weighted by molar-refractivity contribution is 0.643. The van der Waals surface area contributed by atoms with E-state index >= 15 is 0 Å². The minimum Gasteiger partial charge on any atom is -0.185 e. The topological polar surface area (TPSA) is 23.8 Å². The average molecular weight is 233 g/mol. The van der Waals surface area contributed by atoms with Crippen molar-refractivity contribution in [2.24, 2.45) is 0 Å². The van der Waals surface area contributed by atoms with Crippen LogP contribution in [0.2, 0.25) is 0 Å². The van der Waals surface area contributed by atoms with E-state index in [1.54, 1.807) is 0 Å². The van der Waals surface area contributed by atoms with Gasteiger partial charge in [-0.25, -0.2) is 0 Å². The molecule has 1 rings (SSSR count). The molecule has 0 radical (unpaired) electrons. The molecule has 0 aliphatic rings. The fourth-order valence-electron chi connectivity index (χ4n) is 2.03. The van der Waals surface area contributed by atoms with E-state index in [-0.39, 0.29) is 0 Å². The largest absolute Gasteiger partial charge is 0.185 e. The SMILES string of the molecule is CCC(CCSC#N)c1cc(C)ccc1C. The highest BCUT2D eigenvalue weighted by Gasteiger charge is 2.11. The van der Waals surface area contributed by atoms with Crippen LogP contribution in [-0.2, 0) is 0 Å². The summed E-state index contributed by atoms with van der Waals surface area (Å²) in [6, 6.07) is 6.65. The first-order chi connectivity index (χ1) is 7.69. The van der Waals surface area contributed by atoms with Crippen molar-refractivity contribution in [1.29, 1.82) is 5.26 Å². The smallest absolute Gasteiger partial charge is 0.133 e. The maximum atomic E-state index is 8.53. The number of aryl methyl sites for hydroxylation is 2. The van der Waals surface area contributed by atoms with Crippen LogP contribution in [0.25, 0.3) is 0 Å². The number of hydrogen-bond acceptors (Lipinski definition) is 2. The van der Waals surface area contributed by atoms with Crippen LogP contribution in [0, 0.1) is 24.5 Å². The van der Waals surface area contributed by atoms with Gasteiger partial charge in [0.1, 0.15) is 5.40 Å². The van der Waals surface area contributed by atoms with Gasteiger partial charge in [-0.2, -0.15) is 5.26 Å². The van der Waals surface area contributed by atoms with Gasteiger partial charge in [0, 0.05) is 5.75 Å². The van der Waals surface area contributed by atoms with Crippen molar-refractivity contribution in [1.82, 2.24) is 0 Å². The summed E-state index contributed by atoms with van der Waals surface area (Å²) in [5.41, 5.74) is 4.16. The third-order valence-electron chi connectivity index (χ3n) is 3.00. The first-order valence-electron chi connectivity index (χ1n) is 5.77. The van der Waals surface area contributed by atoms with E-state index in [2.05, 4.69) is 44.4 Å². The Balaban J connectivity index is 2.78. The van der Waals surface area contributed by atoms with Gasteiger partial charge in [-0.1, -0.05) is 30.7 Å². The number of nitriles is 1. The summed E-state index contributed by atoms with van der Waals surface area (Å²) >= 11 is 1.36. The summed E-state index contributed by atoms with van der Waals surface area (Å²) in [7, 11) is 0. The van der Waals surface area contributed by atoms with Crippen LogP contribution >= 0.6 is 11.8 Å². The number of rotatable bonds is 5. The van der Waals surface area contributed by atoms with Crippen LogP contribution in [0.15, 0.2) is 18.2 Å². The molecule has 0 saturated heterocycles. The van der Waals surface area contributed by atoms with Crippen molar-refractivity contribution in [3.63, 3.8) is 0 Å². The van der Waals surface area contributed by atoms with Crippen LogP contribution in [0.4, 0.5) is 0 Å². The first-order valence-corrected chi connectivity index (χ1v) is 6.75. The molecule has 0 aliphatic heterocycles. The molecule has 2 heteroatoms. The van der Waals surface area contributed by atoms with Gasteiger partial charge in [0.25, 0.3) is 0 Å². The number of nitrogens with zero attached hydrogens (tertiary/aromatic N) is 1. The lowest BCUT2D eigenvalue weighted by Gasteiger charge is -2.17. The third-order valence-corrected chi connectivity index (χ3v) is 3.57. The second-order valence-electron chi connectivity index (χ2n) is 4.19. The van der Waals surface area contributed by atoms with Crippen LogP contribution in [-0.4, -0.2) is 5.75 Å². The van der Waals surface area contributed by atoms with Gasteiger partial charge in [0.2, 0.25) is 0 Å². The number of benzene rings is 1. The summed E-state index contributed by atoms with van der Waals surface area (Å²) < 4.78 is 0. The number of hydrogen-bond donors (Lipinski definition) is 0. The van der Waals surface area contributed by atoms with Crippen molar-refractivity contribution >= 4 is 11.8 Å². The normalized spacial score (nSPS) is 12.1. The molecule has 0 saturated carbocycles. The maximum Gasteiger partial charge on any atom is 0.133 e. The van der Waals surface area contributed by atoms with Gasteiger partial charge < -0.3 is 0 Å². The van der Waals surface area contributed by atoms with E-state index in [0.717, 1.165) is 18.6 Å². The van der Waals surface area contributed by atoms with Gasteiger partial charge >= 0.3 is 0 Å². The third kappa shape index (κ3) is 3.57. The molecule has 0 aromatic heterocycles. The minimum absolute atomic E-state index is 0.598. The van der Waals surface area contributed by atoms with E-state index < -0.39 is 0 Å². The fourth-order valence-corrected chi connectivity index (χ4v) is 2.52. The Morgan fingerprint density at radius 3 is 2.75 bits per heavy atom. The molecule has 0 amide bonds. The highest BCUT2D eigenvalue weighted by molar-refractivity contribution is 8.03. The molecule has 0 fully saturated rings. The Hall–Kier alpha value is -0.940. The van der Waals surface area contributed by atoms with Gasteiger partial charge in [-0.05, 0) is 55.5 Å². The van der Waals surface area contributed by atoms with E-state index in [1.807, 2.05) is 0 Å². The molecule has 0 bridgehead atoms. The zero-order valence-electron chi connectivity index (χ0n) is 10.3. The van der Waals surface area contributed by atoms with Gasteiger partial charge in [-0.15, -0.1) is 0 Å². The van der Waals surface area contributed by atoms with Crippen molar-refractivity contribution in [3.8, 4) is 5.40 Å². The van der Waals surface area contributed by atoms with Gasteiger partial charge in [0.05, 0.1) is 0 Å². The standard InChI is InChI=1S/C14H19NS/c1-4-13(7-8-16-10-15)14-9-11(2)5-6-12(14)3/h5-6,9,13H,4,7-8H2,1-3H3. The lowest BCUT2D eigenvalue weighted by Crippen LogP contribution is -2.02. The quantitative estimate of drug-likeness (QED) is 0.556. The molecule has 0 N–H and O–H groups in total. The van der Waals surface area contributed by atoms with Crippen LogP contribution < -0.4 is 0 Å². The molecule has 1 aromatic carbocycles. The molecule has 0 heterocycles. The summed E-state index contributed by atoms with van der Waals surface area (Å²) in [6.45, 7) is 6.54. The molecular formula is C14H19NS. The van der Waals surface area contributed by atoms with Crippen molar-refractivity contribution in [2.45, 2.75) is 39.5 Å². The van der Waals surface area contributed by atoms with Crippen molar-refractivity contribution in [3.05, 3.63) is 34.9 Å². The molecule has 86 valence electrons. The van der Waals surface area contributed by atoms with Crippen LogP contribution in [0.5, 0.6) is 0 Å². The predicted molar refractivity (Wildman–Crippen MR) is 71.6 cm³/mol. The first kappa shape index (κ1) is 13.1. The molecule has 1 aromatic rings. The minimum atomic E-state index is 0.598. The second kappa shape index (κ2) is 6.60. The maximum absolute atomic E-state index is 8.53. The Morgan fingerprint density at radius 2 is 2.12 bits per heavy atom. The number of thiocyanates is 1. The molecular weight excluding hydrogens is 214 g/mol. The van der Waals surface area contributed by atoms with Gasteiger partial charge in [0.15, 0.2) is 0 Å². The molecule has 0 aliphatic carbocycles. The zero-order valence-corrected chi connectivity index (χ0v) is 11.1.